The molecular formula is C16H15ClFNO3. The van der Waals surface area contributed by atoms with Gasteiger partial charge in [0.2, 0.25) is 0 Å². The number of carbonyl (C=O) groups is 1. The number of amides is 1. The van der Waals surface area contributed by atoms with E-state index in [0.29, 0.717) is 5.56 Å². The predicted octanol–water partition coefficient (Wildman–Crippen LogP) is 3.00. The van der Waals surface area contributed by atoms with E-state index in [1.807, 2.05) is 6.92 Å². The molecule has 0 aromatic heterocycles. The number of carbonyl (C=O) groups excluding carboxylic acids is 1. The van der Waals surface area contributed by atoms with E-state index in [1.165, 1.54) is 12.1 Å². The van der Waals surface area contributed by atoms with Gasteiger partial charge in [-0.05, 0) is 36.8 Å². The van der Waals surface area contributed by atoms with Gasteiger partial charge in [-0.25, -0.2) is 4.39 Å². The Balaban J connectivity index is 2.16. The average Bonchev–Trinajstić information content (AvgIpc) is 2.44. The third-order valence-electron chi connectivity index (χ3n) is 3.12. The third-order valence-corrected chi connectivity index (χ3v) is 3.45. The molecule has 1 amide bonds. The molecule has 0 bridgehead atoms. The topological polar surface area (TPSA) is 72.6 Å². The molecule has 6 heteroatoms. The minimum absolute atomic E-state index is 0.107. The lowest BCUT2D eigenvalue weighted by Crippen LogP contribution is -2.16. The smallest absolute Gasteiger partial charge is 0.252 e. The van der Waals surface area contributed by atoms with Gasteiger partial charge in [0, 0.05) is 10.6 Å². The summed E-state index contributed by atoms with van der Waals surface area (Å²) in [6.45, 7) is 1.69. The van der Waals surface area contributed by atoms with Crippen LogP contribution in [0.1, 0.15) is 27.6 Å². The number of nitrogens with two attached hydrogens (primary N) is 1. The van der Waals surface area contributed by atoms with Crippen LogP contribution < -0.4 is 10.5 Å². The highest BCUT2D eigenvalue weighted by molar-refractivity contribution is 6.31. The summed E-state index contributed by atoms with van der Waals surface area (Å²) in [5, 5.41) is 10.2. The molecule has 1 atom stereocenters. The van der Waals surface area contributed by atoms with Gasteiger partial charge in [-0.2, -0.15) is 0 Å². The normalized spacial score (nSPS) is 12.0. The number of ether oxygens (including phenoxy) is 1. The van der Waals surface area contributed by atoms with Crippen molar-refractivity contribution < 1.29 is 19.0 Å². The van der Waals surface area contributed by atoms with E-state index in [1.54, 1.807) is 18.2 Å². The Hall–Kier alpha value is -2.11. The van der Waals surface area contributed by atoms with Crippen LogP contribution >= 0.6 is 11.6 Å². The van der Waals surface area contributed by atoms with Crippen molar-refractivity contribution in [3.8, 4) is 5.75 Å². The summed E-state index contributed by atoms with van der Waals surface area (Å²) in [6, 6.07) is 8.65. The first-order valence-corrected chi connectivity index (χ1v) is 6.92. The zero-order valence-corrected chi connectivity index (χ0v) is 12.6. The summed E-state index contributed by atoms with van der Waals surface area (Å²) in [7, 11) is 0. The fraction of sp³-hybridized carbons (Fsp3) is 0.188. The van der Waals surface area contributed by atoms with E-state index in [4.69, 9.17) is 22.1 Å². The zero-order valence-electron chi connectivity index (χ0n) is 11.8. The maximum atomic E-state index is 13.0. The zero-order chi connectivity index (χ0) is 16.3. The first kappa shape index (κ1) is 16.3. The van der Waals surface area contributed by atoms with Gasteiger partial charge < -0.3 is 15.6 Å². The molecular weight excluding hydrogens is 309 g/mol. The highest BCUT2D eigenvalue weighted by Crippen LogP contribution is 2.26. The van der Waals surface area contributed by atoms with Gasteiger partial charge in [-0.15, -0.1) is 0 Å². The second kappa shape index (κ2) is 6.77. The van der Waals surface area contributed by atoms with E-state index < -0.39 is 17.8 Å². The first-order chi connectivity index (χ1) is 10.4. The molecule has 1 unspecified atom stereocenters. The Bertz CT molecular complexity index is 706. The molecule has 0 radical (unpaired) electrons. The largest absolute Gasteiger partial charge is 0.490 e. The molecule has 2 rings (SSSR count). The van der Waals surface area contributed by atoms with Crippen molar-refractivity contribution in [3.63, 3.8) is 0 Å². The Labute approximate surface area is 132 Å². The number of aryl methyl sites for hydroxylation is 1. The van der Waals surface area contributed by atoms with Crippen LogP contribution in [0.2, 0.25) is 5.02 Å². The second-order valence-electron chi connectivity index (χ2n) is 4.86. The summed E-state index contributed by atoms with van der Waals surface area (Å²) in [6.07, 6.45) is -1.06. The summed E-state index contributed by atoms with van der Waals surface area (Å²) in [5.41, 5.74) is 6.73. The van der Waals surface area contributed by atoms with Crippen molar-refractivity contribution in [1.82, 2.24) is 0 Å². The van der Waals surface area contributed by atoms with E-state index in [0.717, 1.165) is 11.6 Å². The van der Waals surface area contributed by atoms with Gasteiger partial charge in [-0.1, -0.05) is 23.7 Å². The van der Waals surface area contributed by atoms with Crippen molar-refractivity contribution in [2.24, 2.45) is 5.73 Å². The van der Waals surface area contributed by atoms with Crippen LogP contribution in [0.5, 0.6) is 5.75 Å². The number of aliphatic hydroxyl groups excluding tert-OH is 1. The van der Waals surface area contributed by atoms with E-state index in [-0.39, 0.29) is 22.9 Å². The van der Waals surface area contributed by atoms with Crippen LogP contribution in [0, 0.1) is 12.7 Å². The number of hydrogen-bond donors (Lipinski definition) is 2. The van der Waals surface area contributed by atoms with Crippen LogP contribution in [0.25, 0.3) is 0 Å². The maximum absolute atomic E-state index is 13.0. The van der Waals surface area contributed by atoms with Crippen molar-refractivity contribution in [2.45, 2.75) is 13.0 Å². The van der Waals surface area contributed by atoms with Crippen molar-refractivity contribution in [2.75, 3.05) is 6.61 Å². The molecule has 22 heavy (non-hydrogen) atoms. The van der Waals surface area contributed by atoms with Gasteiger partial charge in [-0.3, -0.25) is 4.79 Å². The average molecular weight is 324 g/mol. The van der Waals surface area contributed by atoms with Crippen LogP contribution in [0.15, 0.2) is 36.4 Å². The first-order valence-electron chi connectivity index (χ1n) is 6.54. The predicted molar refractivity (Wildman–Crippen MR) is 81.6 cm³/mol. The Kier molecular flexibility index (Phi) is 5.00. The molecule has 0 saturated heterocycles. The Morgan fingerprint density at radius 2 is 2.09 bits per heavy atom. The lowest BCUT2D eigenvalue weighted by Gasteiger charge is -2.16. The number of primary amides is 1. The second-order valence-corrected chi connectivity index (χ2v) is 5.26. The summed E-state index contributed by atoms with van der Waals surface area (Å²) < 4.78 is 18.5. The Morgan fingerprint density at radius 3 is 2.73 bits per heavy atom. The van der Waals surface area contributed by atoms with E-state index in [9.17, 15) is 14.3 Å². The van der Waals surface area contributed by atoms with Gasteiger partial charge in [0.05, 0.1) is 5.56 Å². The van der Waals surface area contributed by atoms with Crippen molar-refractivity contribution in [1.29, 1.82) is 0 Å². The molecule has 116 valence electrons. The quantitative estimate of drug-likeness (QED) is 0.888. The van der Waals surface area contributed by atoms with Crippen LogP contribution in [0.4, 0.5) is 4.39 Å². The number of aliphatic hydroxyl groups is 1. The molecule has 0 aliphatic carbocycles. The minimum atomic E-state index is -1.06. The molecule has 0 aliphatic heterocycles. The van der Waals surface area contributed by atoms with Gasteiger partial charge in [0.15, 0.2) is 0 Å². The standard InChI is InChI=1S/C16H15ClFNO3/c1-9-2-4-12(16(19)21)15(6-9)22-8-14(20)11-5-3-10(18)7-13(11)17/h2-7,14,20H,8H2,1H3,(H2,19,21). The fourth-order valence-corrected chi connectivity index (χ4v) is 2.28. The highest BCUT2D eigenvalue weighted by Gasteiger charge is 2.15. The summed E-state index contributed by atoms with van der Waals surface area (Å²) >= 11 is 5.88. The molecule has 3 N–H and O–H groups in total. The summed E-state index contributed by atoms with van der Waals surface area (Å²) in [4.78, 5) is 11.4. The monoisotopic (exact) mass is 323 g/mol. The summed E-state index contributed by atoms with van der Waals surface area (Å²) in [5.74, 6) is -0.828. The number of benzene rings is 2. The lowest BCUT2D eigenvalue weighted by molar-refractivity contribution is 0.0967. The molecule has 0 saturated carbocycles. The SMILES string of the molecule is Cc1ccc(C(N)=O)c(OCC(O)c2ccc(F)cc2Cl)c1. The fourth-order valence-electron chi connectivity index (χ4n) is 1.98. The van der Waals surface area contributed by atoms with Gasteiger partial charge in [0.1, 0.15) is 24.3 Å². The molecule has 2 aromatic rings. The molecule has 0 heterocycles. The lowest BCUT2D eigenvalue weighted by atomic mass is 10.1. The van der Waals surface area contributed by atoms with Gasteiger partial charge >= 0.3 is 0 Å². The highest BCUT2D eigenvalue weighted by atomic mass is 35.5. The van der Waals surface area contributed by atoms with Crippen LogP contribution in [0.3, 0.4) is 0 Å². The van der Waals surface area contributed by atoms with E-state index in [2.05, 4.69) is 0 Å². The number of rotatable bonds is 5. The molecule has 2 aromatic carbocycles. The minimum Gasteiger partial charge on any atom is -0.490 e. The molecule has 4 nitrogen and oxygen atoms in total. The van der Waals surface area contributed by atoms with E-state index >= 15 is 0 Å². The van der Waals surface area contributed by atoms with Crippen LogP contribution in [-0.2, 0) is 0 Å². The maximum Gasteiger partial charge on any atom is 0.252 e. The molecule has 0 spiro atoms. The molecule has 0 aliphatic rings. The Morgan fingerprint density at radius 1 is 1.36 bits per heavy atom. The van der Waals surface area contributed by atoms with Crippen molar-refractivity contribution in [3.05, 3.63) is 63.9 Å². The van der Waals surface area contributed by atoms with Gasteiger partial charge in [0.25, 0.3) is 5.91 Å². The number of hydrogen-bond acceptors (Lipinski definition) is 3. The molecule has 0 fully saturated rings. The number of halogens is 2. The van der Waals surface area contributed by atoms with Crippen molar-refractivity contribution >= 4 is 17.5 Å². The third kappa shape index (κ3) is 3.75. The van der Waals surface area contributed by atoms with Crippen LogP contribution in [-0.4, -0.2) is 17.6 Å².